The summed E-state index contributed by atoms with van der Waals surface area (Å²) in [7, 11) is 1.31. The highest BCUT2D eigenvalue weighted by atomic mass is 35.5. The number of aliphatic hydroxyl groups excluding tert-OH is 1. The van der Waals surface area contributed by atoms with E-state index in [9.17, 15) is 14.7 Å². The van der Waals surface area contributed by atoms with Crippen LogP contribution in [-0.4, -0.2) is 48.7 Å². The molecule has 1 aliphatic heterocycles. The second-order valence-electron chi connectivity index (χ2n) is 8.85. The fourth-order valence-corrected chi connectivity index (χ4v) is 5.37. The number of anilines is 1. The molecule has 0 spiro atoms. The van der Waals surface area contributed by atoms with Crippen LogP contribution in [0.3, 0.4) is 0 Å². The van der Waals surface area contributed by atoms with Gasteiger partial charge in [-0.15, -0.1) is 11.8 Å². The molecule has 1 saturated heterocycles. The highest BCUT2D eigenvalue weighted by Gasteiger charge is 2.37. The van der Waals surface area contributed by atoms with E-state index < -0.39 is 18.3 Å². The Kier molecular flexibility index (Phi) is 9.69. The van der Waals surface area contributed by atoms with E-state index in [-0.39, 0.29) is 18.3 Å². The average molecular weight is 556 g/mol. The molecule has 1 heterocycles. The first-order chi connectivity index (χ1) is 18.4. The van der Waals surface area contributed by atoms with E-state index in [1.807, 2.05) is 55.5 Å². The van der Waals surface area contributed by atoms with Crippen LogP contribution in [0.5, 0.6) is 5.75 Å². The molecule has 3 aromatic carbocycles. The van der Waals surface area contributed by atoms with Crippen molar-refractivity contribution in [2.75, 3.05) is 24.8 Å². The van der Waals surface area contributed by atoms with Gasteiger partial charge in [0.25, 0.3) is 0 Å². The smallest absolute Gasteiger partial charge is 0.411 e. The Hall–Kier alpha value is -3.04. The molecule has 0 aliphatic carbocycles. The van der Waals surface area contributed by atoms with Gasteiger partial charge in [0.1, 0.15) is 18.0 Å². The number of rotatable bonds is 9. The van der Waals surface area contributed by atoms with Gasteiger partial charge < -0.3 is 19.3 Å². The van der Waals surface area contributed by atoms with E-state index in [0.717, 1.165) is 21.8 Å². The predicted octanol–water partition coefficient (Wildman–Crippen LogP) is 6.06. The molecule has 0 saturated carbocycles. The van der Waals surface area contributed by atoms with E-state index >= 15 is 0 Å². The molecule has 2 N–H and O–H groups in total. The number of Topliss-reactive ketones (excluding diaryl/α,β-unsaturated/α-hetero) is 1. The van der Waals surface area contributed by atoms with Crippen LogP contribution >= 0.6 is 23.4 Å². The van der Waals surface area contributed by atoms with Crippen molar-refractivity contribution in [2.24, 2.45) is 0 Å². The van der Waals surface area contributed by atoms with Crippen LogP contribution in [0, 0.1) is 0 Å². The summed E-state index contributed by atoms with van der Waals surface area (Å²) in [5.74, 6) is 0.973. The third-order valence-corrected chi connectivity index (χ3v) is 7.60. The molecular formula is C29H30ClNO6S. The molecule has 1 fully saturated rings. The number of ketones is 1. The van der Waals surface area contributed by atoms with Crippen molar-refractivity contribution >= 4 is 40.9 Å². The second kappa shape index (κ2) is 13.2. The summed E-state index contributed by atoms with van der Waals surface area (Å²) >= 11 is 8.01. The zero-order chi connectivity index (χ0) is 27.1. The molecule has 3 aromatic rings. The Morgan fingerprint density at radius 2 is 1.95 bits per heavy atom. The summed E-state index contributed by atoms with van der Waals surface area (Å²) in [6.07, 6.45) is -2.09. The monoisotopic (exact) mass is 555 g/mol. The molecule has 4 rings (SSSR count). The number of halogens is 1. The van der Waals surface area contributed by atoms with Crippen LogP contribution in [0.15, 0.2) is 71.6 Å². The molecule has 0 radical (unpaired) electrons. The predicted molar refractivity (Wildman–Crippen MR) is 148 cm³/mol. The Labute approximate surface area is 231 Å². The van der Waals surface area contributed by atoms with Gasteiger partial charge in [-0.05, 0) is 66.4 Å². The molecule has 3 atom stereocenters. The number of ether oxygens (including phenoxy) is 3. The number of aliphatic hydroxyl groups is 1. The first kappa shape index (κ1) is 28.0. The van der Waals surface area contributed by atoms with Crippen molar-refractivity contribution < 1.29 is 28.9 Å². The van der Waals surface area contributed by atoms with Gasteiger partial charge in [0, 0.05) is 27.8 Å². The van der Waals surface area contributed by atoms with E-state index in [1.165, 1.54) is 18.9 Å². The maximum atomic E-state index is 12.9. The fourth-order valence-electron chi connectivity index (χ4n) is 4.21. The lowest BCUT2D eigenvalue weighted by Gasteiger charge is -2.32. The molecular weight excluding hydrogens is 526 g/mol. The number of benzene rings is 3. The summed E-state index contributed by atoms with van der Waals surface area (Å²) in [5, 5.41) is 13.8. The minimum atomic E-state index is -1.11. The Morgan fingerprint density at radius 1 is 1.16 bits per heavy atom. The van der Waals surface area contributed by atoms with Gasteiger partial charge in [-0.2, -0.15) is 0 Å². The largest absolute Gasteiger partial charge is 0.494 e. The lowest BCUT2D eigenvalue weighted by molar-refractivity contribution is -0.155. The quantitative estimate of drug-likeness (QED) is 0.310. The Morgan fingerprint density at radius 3 is 2.68 bits per heavy atom. The first-order valence-electron chi connectivity index (χ1n) is 12.3. The van der Waals surface area contributed by atoms with Gasteiger partial charge in [-0.1, -0.05) is 41.9 Å². The number of thioether (sulfide) groups is 1. The molecule has 1 amide bonds. The van der Waals surface area contributed by atoms with E-state index in [2.05, 4.69) is 10.1 Å². The maximum Gasteiger partial charge on any atom is 0.411 e. The zero-order valence-electron chi connectivity index (χ0n) is 21.2. The summed E-state index contributed by atoms with van der Waals surface area (Å²) < 4.78 is 16.3. The van der Waals surface area contributed by atoms with Crippen molar-refractivity contribution in [3.63, 3.8) is 0 Å². The number of carbonyl (C=O) groups excluding carboxylic acids is 2. The van der Waals surface area contributed by atoms with Gasteiger partial charge in [-0.25, -0.2) is 4.79 Å². The SMILES string of the molecule is CCOc1ccc(Cc2cc(C3OC(CSc4cccc(NC(=O)OC)c4)C[C@H](O)C3=O)ccc2Cl)cc1. The van der Waals surface area contributed by atoms with Crippen LogP contribution in [-0.2, 0) is 20.7 Å². The molecule has 2 unspecified atom stereocenters. The van der Waals surface area contributed by atoms with Crippen LogP contribution in [0.1, 0.15) is 36.1 Å². The number of nitrogens with one attached hydrogen (secondary N) is 1. The third kappa shape index (κ3) is 7.29. The average Bonchev–Trinajstić information content (AvgIpc) is 2.92. The van der Waals surface area contributed by atoms with E-state index in [1.54, 1.807) is 18.2 Å². The number of hydrogen-bond donors (Lipinski definition) is 2. The zero-order valence-corrected chi connectivity index (χ0v) is 22.8. The van der Waals surface area contributed by atoms with Gasteiger partial charge in [0.05, 0.1) is 19.8 Å². The van der Waals surface area contributed by atoms with Gasteiger partial charge in [0.2, 0.25) is 0 Å². The normalized spacial score (nSPS) is 19.2. The maximum absolute atomic E-state index is 12.9. The summed E-state index contributed by atoms with van der Waals surface area (Å²) in [5.41, 5.74) is 3.20. The van der Waals surface area contributed by atoms with Crippen LogP contribution in [0.2, 0.25) is 5.02 Å². The van der Waals surface area contributed by atoms with Gasteiger partial charge in [0.15, 0.2) is 5.78 Å². The molecule has 1 aliphatic rings. The number of amides is 1. The van der Waals surface area contributed by atoms with Crippen molar-refractivity contribution in [1.82, 2.24) is 0 Å². The topological polar surface area (TPSA) is 94.1 Å². The van der Waals surface area contributed by atoms with Crippen molar-refractivity contribution in [2.45, 2.75) is 43.0 Å². The van der Waals surface area contributed by atoms with Crippen LogP contribution < -0.4 is 10.1 Å². The van der Waals surface area contributed by atoms with Gasteiger partial charge >= 0.3 is 6.09 Å². The molecule has 200 valence electrons. The van der Waals surface area contributed by atoms with Crippen molar-refractivity contribution in [1.29, 1.82) is 0 Å². The summed E-state index contributed by atoms with van der Waals surface area (Å²) in [4.78, 5) is 25.3. The third-order valence-electron chi connectivity index (χ3n) is 6.10. The second-order valence-corrected chi connectivity index (χ2v) is 10.4. The molecule has 0 aromatic heterocycles. The fraction of sp³-hybridized carbons (Fsp3) is 0.310. The molecule has 7 nitrogen and oxygen atoms in total. The molecule has 38 heavy (non-hydrogen) atoms. The number of methoxy groups -OCH3 is 1. The lowest BCUT2D eigenvalue weighted by atomic mass is 9.93. The van der Waals surface area contributed by atoms with E-state index in [4.69, 9.17) is 21.1 Å². The van der Waals surface area contributed by atoms with Crippen LogP contribution in [0.4, 0.5) is 10.5 Å². The summed E-state index contributed by atoms with van der Waals surface area (Å²) in [6.45, 7) is 2.55. The summed E-state index contributed by atoms with van der Waals surface area (Å²) in [6, 6.07) is 20.6. The highest BCUT2D eigenvalue weighted by Crippen LogP contribution is 2.34. The van der Waals surface area contributed by atoms with Gasteiger partial charge in [-0.3, -0.25) is 10.1 Å². The van der Waals surface area contributed by atoms with E-state index in [0.29, 0.717) is 35.1 Å². The minimum absolute atomic E-state index is 0.217. The van der Waals surface area contributed by atoms with Crippen molar-refractivity contribution in [3.05, 3.63) is 88.4 Å². The van der Waals surface area contributed by atoms with Crippen LogP contribution in [0.25, 0.3) is 0 Å². The minimum Gasteiger partial charge on any atom is -0.494 e. The lowest BCUT2D eigenvalue weighted by Crippen LogP contribution is -2.41. The number of hydrogen-bond acceptors (Lipinski definition) is 7. The Balaban J connectivity index is 1.44. The van der Waals surface area contributed by atoms with Crippen molar-refractivity contribution in [3.8, 4) is 5.75 Å². The highest BCUT2D eigenvalue weighted by molar-refractivity contribution is 7.99. The molecule has 9 heteroatoms. The standard InChI is InChI=1S/C29H30ClNO6S/c1-3-36-22-10-7-18(8-11-22)13-20-14-19(9-12-25(20)30)28-27(33)26(32)16-23(37-28)17-38-24-6-4-5-21(15-24)31-29(34)35-2/h4-12,14-15,23,26,28,32H,3,13,16-17H2,1-2H3,(H,31,34)/t23?,26-,28?/m0/s1. The molecule has 0 bridgehead atoms. The number of carbonyl (C=O) groups is 2. The Bertz CT molecular complexity index is 1270. The first-order valence-corrected chi connectivity index (χ1v) is 13.7.